The Kier molecular flexibility index (Phi) is 4.68. The number of hydrogen-bond donors (Lipinski definition) is 1. The average molecular weight is 346 g/mol. The number of amides is 2. The van der Waals surface area contributed by atoms with Crippen LogP contribution in [0.3, 0.4) is 0 Å². The number of hydrogen-bond acceptors (Lipinski definition) is 4. The van der Waals surface area contributed by atoms with Crippen molar-refractivity contribution < 1.29 is 22.8 Å². The predicted molar refractivity (Wildman–Crippen MR) is 77.5 cm³/mol. The first-order chi connectivity index (χ1) is 11.0. The molecule has 1 aliphatic heterocycles. The molecule has 2 amide bonds. The van der Waals surface area contributed by atoms with Crippen LogP contribution < -0.4 is 10.9 Å². The smallest absolute Gasteiger partial charge is 0.340 e. The minimum Gasteiger partial charge on any atom is -0.340 e. The molecule has 2 rings (SSSR count). The molecule has 132 valence electrons. The summed E-state index contributed by atoms with van der Waals surface area (Å²) in [6, 6.07) is -1.07. The normalized spacial score (nSPS) is 18.2. The number of alkyl halides is 3. The molecule has 1 aliphatic rings. The summed E-state index contributed by atoms with van der Waals surface area (Å²) in [6.45, 7) is 1.71. The van der Waals surface area contributed by atoms with Gasteiger partial charge >= 0.3 is 6.18 Å². The number of halogens is 3. The Labute approximate surface area is 135 Å². The van der Waals surface area contributed by atoms with Gasteiger partial charge in [-0.2, -0.15) is 18.3 Å². The lowest BCUT2D eigenvalue weighted by molar-refractivity contribution is -0.157. The maximum Gasteiger partial charge on any atom is 0.406 e. The zero-order chi connectivity index (χ0) is 18.2. The van der Waals surface area contributed by atoms with Crippen molar-refractivity contribution in [3.63, 3.8) is 0 Å². The van der Waals surface area contributed by atoms with Crippen molar-refractivity contribution in [2.24, 2.45) is 7.05 Å². The predicted octanol–water partition coefficient (Wildman–Crippen LogP) is 0.290. The molecule has 1 saturated heterocycles. The van der Waals surface area contributed by atoms with Crippen LogP contribution >= 0.6 is 0 Å². The molecule has 1 aromatic heterocycles. The highest BCUT2D eigenvalue weighted by atomic mass is 19.4. The number of carbonyl (C=O) groups is 2. The topological polar surface area (TPSA) is 84.3 Å². The van der Waals surface area contributed by atoms with Crippen molar-refractivity contribution in [1.82, 2.24) is 20.0 Å². The van der Waals surface area contributed by atoms with Crippen molar-refractivity contribution in [3.05, 3.63) is 27.2 Å². The van der Waals surface area contributed by atoms with E-state index in [2.05, 4.69) is 10.4 Å². The molecular weight excluding hydrogens is 329 g/mol. The van der Waals surface area contributed by atoms with Gasteiger partial charge in [-0.15, -0.1) is 0 Å². The van der Waals surface area contributed by atoms with Crippen LogP contribution in [0.1, 0.15) is 28.0 Å². The van der Waals surface area contributed by atoms with Gasteiger partial charge in [0.15, 0.2) is 0 Å². The van der Waals surface area contributed by atoms with Crippen LogP contribution in [0.2, 0.25) is 0 Å². The second-order valence-corrected chi connectivity index (χ2v) is 5.70. The van der Waals surface area contributed by atoms with Crippen LogP contribution in [0.4, 0.5) is 13.2 Å². The van der Waals surface area contributed by atoms with E-state index in [4.69, 9.17) is 0 Å². The van der Waals surface area contributed by atoms with E-state index in [-0.39, 0.29) is 18.5 Å². The van der Waals surface area contributed by atoms with E-state index in [1.807, 2.05) is 0 Å². The van der Waals surface area contributed by atoms with Gasteiger partial charge in [0.05, 0.1) is 5.69 Å². The first-order valence-corrected chi connectivity index (χ1v) is 7.22. The number of aryl methyl sites for hydroxylation is 2. The van der Waals surface area contributed by atoms with Gasteiger partial charge in [-0.05, 0) is 25.8 Å². The van der Waals surface area contributed by atoms with E-state index in [1.165, 1.54) is 7.05 Å². The molecule has 1 unspecified atom stereocenters. The maximum absolute atomic E-state index is 12.4. The van der Waals surface area contributed by atoms with E-state index in [0.29, 0.717) is 16.2 Å². The fourth-order valence-corrected chi connectivity index (χ4v) is 2.59. The molecule has 7 nitrogen and oxygen atoms in total. The van der Waals surface area contributed by atoms with E-state index in [0.717, 1.165) is 4.68 Å². The summed E-state index contributed by atoms with van der Waals surface area (Å²) in [4.78, 5) is 37.0. The lowest BCUT2D eigenvalue weighted by atomic mass is 10.1. The highest BCUT2D eigenvalue weighted by molar-refractivity contribution is 5.98. The van der Waals surface area contributed by atoms with Gasteiger partial charge in [0.2, 0.25) is 5.91 Å². The van der Waals surface area contributed by atoms with Crippen molar-refractivity contribution in [2.75, 3.05) is 13.1 Å². The molecule has 2 heterocycles. The van der Waals surface area contributed by atoms with Crippen LogP contribution in [0.5, 0.6) is 0 Å². The summed E-state index contributed by atoms with van der Waals surface area (Å²) in [5.74, 6) is -1.59. The van der Waals surface area contributed by atoms with Crippen molar-refractivity contribution >= 4 is 11.8 Å². The maximum atomic E-state index is 12.4. The van der Waals surface area contributed by atoms with Crippen LogP contribution in [-0.4, -0.2) is 51.8 Å². The molecule has 1 N–H and O–H groups in total. The number of rotatable bonds is 3. The second kappa shape index (κ2) is 6.25. The SMILES string of the molecule is Cc1nn(C)c(=O)c(C(=O)NC2CCN(CC(F)(F)F)C2=O)c1C. The molecule has 1 atom stereocenters. The summed E-state index contributed by atoms with van der Waals surface area (Å²) in [5.41, 5.74) is 0.0483. The third-order valence-electron chi connectivity index (χ3n) is 3.93. The van der Waals surface area contributed by atoms with E-state index in [9.17, 15) is 27.6 Å². The average Bonchev–Trinajstić information content (AvgIpc) is 2.77. The molecule has 1 aromatic rings. The second-order valence-electron chi connectivity index (χ2n) is 5.70. The van der Waals surface area contributed by atoms with Gasteiger partial charge in [-0.25, -0.2) is 4.68 Å². The number of nitrogens with one attached hydrogen (secondary N) is 1. The summed E-state index contributed by atoms with van der Waals surface area (Å²) < 4.78 is 38.2. The van der Waals surface area contributed by atoms with Crippen LogP contribution in [0.25, 0.3) is 0 Å². The van der Waals surface area contributed by atoms with Crippen LogP contribution in [0.15, 0.2) is 4.79 Å². The Bertz CT molecular complexity index is 742. The van der Waals surface area contributed by atoms with Gasteiger partial charge in [-0.1, -0.05) is 0 Å². The molecule has 10 heteroatoms. The lowest BCUT2D eigenvalue weighted by Gasteiger charge is -2.19. The monoisotopic (exact) mass is 346 g/mol. The Morgan fingerprint density at radius 3 is 2.54 bits per heavy atom. The minimum atomic E-state index is -4.50. The summed E-state index contributed by atoms with van der Waals surface area (Å²) >= 11 is 0. The zero-order valence-corrected chi connectivity index (χ0v) is 13.4. The number of aromatic nitrogens is 2. The first kappa shape index (κ1) is 18.0. The fourth-order valence-electron chi connectivity index (χ4n) is 2.59. The van der Waals surface area contributed by atoms with Crippen LogP contribution in [0, 0.1) is 13.8 Å². The van der Waals surface area contributed by atoms with Gasteiger partial charge in [-0.3, -0.25) is 14.4 Å². The quantitative estimate of drug-likeness (QED) is 0.853. The third-order valence-corrected chi connectivity index (χ3v) is 3.93. The van der Waals surface area contributed by atoms with E-state index >= 15 is 0 Å². The molecule has 0 aliphatic carbocycles. The van der Waals surface area contributed by atoms with E-state index < -0.39 is 36.1 Å². The van der Waals surface area contributed by atoms with Crippen molar-refractivity contribution in [1.29, 1.82) is 0 Å². The largest absolute Gasteiger partial charge is 0.406 e. The Morgan fingerprint density at radius 2 is 1.96 bits per heavy atom. The number of nitrogens with zero attached hydrogens (tertiary/aromatic N) is 3. The summed E-state index contributed by atoms with van der Waals surface area (Å²) in [7, 11) is 1.39. The highest BCUT2D eigenvalue weighted by Crippen LogP contribution is 2.21. The van der Waals surface area contributed by atoms with Crippen molar-refractivity contribution in [3.8, 4) is 0 Å². The Balaban J connectivity index is 2.18. The Morgan fingerprint density at radius 1 is 1.33 bits per heavy atom. The highest BCUT2D eigenvalue weighted by Gasteiger charge is 2.40. The standard InChI is InChI=1S/C14H17F3N4O3/c1-7-8(2)19-20(3)13(24)10(7)11(22)18-9-4-5-21(12(9)23)6-14(15,16)17/h9H,4-6H2,1-3H3,(H,18,22). The summed E-state index contributed by atoms with van der Waals surface area (Å²) in [6.07, 6.45) is -4.44. The molecule has 0 aromatic carbocycles. The molecule has 1 fully saturated rings. The third kappa shape index (κ3) is 3.57. The molecule has 0 saturated carbocycles. The molecular formula is C14H17F3N4O3. The van der Waals surface area contributed by atoms with Gasteiger partial charge in [0.1, 0.15) is 18.2 Å². The van der Waals surface area contributed by atoms with Crippen LogP contribution in [-0.2, 0) is 11.8 Å². The summed E-state index contributed by atoms with van der Waals surface area (Å²) in [5, 5.41) is 6.30. The van der Waals surface area contributed by atoms with Gasteiger partial charge < -0.3 is 10.2 Å². The molecule has 0 spiro atoms. The lowest BCUT2D eigenvalue weighted by Crippen LogP contribution is -2.45. The fraction of sp³-hybridized carbons (Fsp3) is 0.571. The zero-order valence-electron chi connectivity index (χ0n) is 13.4. The van der Waals surface area contributed by atoms with Crippen molar-refractivity contribution in [2.45, 2.75) is 32.5 Å². The first-order valence-electron chi connectivity index (χ1n) is 7.22. The number of likely N-dealkylation sites (tertiary alicyclic amines) is 1. The number of carbonyl (C=O) groups excluding carboxylic acids is 2. The molecule has 0 bridgehead atoms. The Hall–Kier alpha value is -2.39. The van der Waals surface area contributed by atoms with E-state index in [1.54, 1.807) is 13.8 Å². The van der Waals surface area contributed by atoms with Gasteiger partial charge in [0.25, 0.3) is 11.5 Å². The molecule has 24 heavy (non-hydrogen) atoms. The molecule has 0 radical (unpaired) electrons. The minimum absolute atomic E-state index is 0.0596. The van der Waals surface area contributed by atoms with Gasteiger partial charge in [0, 0.05) is 13.6 Å².